The van der Waals surface area contributed by atoms with Crippen LogP contribution in [0, 0.1) is 5.41 Å². The Kier molecular flexibility index (Phi) is 4.94. The summed E-state index contributed by atoms with van der Waals surface area (Å²) in [5, 5.41) is 7.76. The van der Waals surface area contributed by atoms with E-state index in [1.165, 1.54) is 5.56 Å². The number of carbonyl (C=O) groups is 1. The molecule has 1 aromatic heterocycles. The molecule has 1 heterocycles. The van der Waals surface area contributed by atoms with Gasteiger partial charge in [-0.25, -0.2) is 0 Å². The highest BCUT2D eigenvalue weighted by atomic mass is 35.5. The number of hydrogen-bond donors (Lipinski definition) is 1. The summed E-state index contributed by atoms with van der Waals surface area (Å²) in [7, 11) is 0. The Morgan fingerprint density at radius 2 is 1.71 bits per heavy atom. The molecule has 1 fully saturated rings. The molecule has 2 aromatic carbocycles. The van der Waals surface area contributed by atoms with Crippen LogP contribution >= 0.6 is 23.2 Å². The van der Waals surface area contributed by atoms with Gasteiger partial charge in [-0.2, -0.15) is 5.10 Å². The van der Waals surface area contributed by atoms with E-state index in [2.05, 4.69) is 17.4 Å². The summed E-state index contributed by atoms with van der Waals surface area (Å²) in [5.41, 5.74) is 3.26. The summed E-state index contributed by atoms with van der Waals surface area (Å²) >= 11 is 12.3. The van der Waals surface area contributed by atoms with E-state index in [-0.39, 0.29) is 5.91 Å². The minimum atomic E-state index is -0.975. The number of nitrogens with zero attached hydrogens (tertiary/aromatic N) is 2. The average molecular weight is 414 g/mol. The topological polar surface area (TPSA) is 46.9 Å². The van der Waals surface area contributed by atoms with E-state index in [1.807, 2.05) is 59.4 Å². The van der Waals surface area contributed by atoms with Crippen LogP contribution in [-0.4, -0.2) is 20.0 Å². The number of nitrogens with one attached hydrogen (secondary N) is 1. The summed E-state index contributed by atoms with van der Waals surface area (Å²) in [6.45, 7) is 2.83. The summed E-state index contributed by atoms with van der Waals surface area (Å²) in [5.74, 6) is -0.132. The molecule has 1 N–H and O–H groups in total. The van der Waals surface area contributed by atoms with E-state index in [0.29, 0.717) is 19.5 Å². The van der Waals surface area contributed by atoms with Gasteiger partial charge in [0.05, 0.1) is 17.7 Å². The molecular formula is C22H21Cl2N3O. The number of amides is 1. The van der Waals surface area contributed by atoms with Crippen molar-refractivity contribution < 1.29 is 4.79 Å². The van der Waals surface area contributed by atoms with E-state index in [0.717, 1.165) is 16.8 Å². The van der Waals surface area contributed by atoms with Gasteiger partial charge in [-0.1, -0.05) is 60.7 Å². The molecule has 1 aliphatic carbocycles. The third-order valence-electron chi connectivity index (χ3n) is 5.27. The molecule has 1 aliphatic rings. The van der Waals surface area contributed by atoms with Crippen LogP contribution in [0.1, 0.15) is 24.5 Å². The minimum Gasteiger partial charge on any atom is -0.351 e. The van der Waals surface area contributed by atoms with Gasteiger partial charge in [-0.3, -0.25) is 9.48 Å². The van der Waals surface area contributed by atoms with Crippen molar-refractivity contribution in [3.05, 3.63) is 78.0 Å². The molecule has 0 spiro atoms. The number of aromatic nitrogens is 2. The minimum absolute atomic E-state index is 0.132. The SMILES string of the molecule is CC1(C(=O)NCc2cn(Cc3ccccc3)nc2-c2ccccc2)CC1(Cl)Cl. The zero-order valence-electron chi connectivity index (χ0n) is 15.5. The molecule has 144 valence electrons. The Bertz CT molecular complexity index is 986. The zero-order chi connectivity index (χ0) is 19.8. The lowest BCUT2D eigenvalue weighted by molar-refractivity contribution is -0.125. The van der Waals surface area contributed by atoms with Crippen LogP contribution in [0.4, 0.5) is 0 Å². The van der Waals surface area contributed by atoms with E-state index in [9.17, 15) is 4.79 Å². The molecule has 6 heteroatoms. The van der Waals surface area contributed by atoms with E-state index in [1.54, 1.807) is 6.92 Å². The average Bonchev–Trinajstić information content (AvgIpc) is 3.01. The lowest BCUT2D eigenvalue weighted by Crippen LogP contribution is -2.32. The van der Waals surface area contributed by atoms with Crippen LogP contribution in [0.25, 0.3) is 11.3 Å². The number of carbonyl (C=O) groups excluding carboxylic acids is 1. The predicted octanol–water partition coefficient (Wildman–Crippen LogP) is 4.80. The van der Waals surface area contributed by atoms with Crippen molar-refractivity contribution in [2.45, 2.75) is 30.8 Å². The van der Waals surface area contributed by atoms with Crippen LogP contribution < -0.4 is 5.32 Å². The third kappa shape index (κ3) is 3.67. The van der Waals surface area contributed by atoms with E-state index in [4.69, 9.17) is 28.3 Å². The number of hydrogen-bond acceptors (Lipinski definition) is 2. The Balaban J connectivity index is 1.57. The molecule has 1 amide bonds. The van der Waals surface area contributed by atoms with Crippen LogP contribution in [0.3, 0.4) is 0 Å². The molecule has 1 atom stereocenters. The van der Waals surface area contributed by atoms with Crippen LogP contribution in [0.15, 0.2) is 66.9 Å². The molecule has 3 aromatic rings. The first-order valence-electron chi connectivity index (χ1n) is 9.21. The second-order valence-corrected chi connectivity index (χ2v) is 8.93. The van der Waals surface area contributed by atoms with Crippen LogP contribution in [0.5, 0.6) is 0 Å². The highest BCUT2D eigenvalue weighted by molar-refractivity contribution is 6.53. The summed E-state index contributed by atoms with van der Waals surface area (Å²) in [6, 6.07) is 20.1. The molecule has 4 nitrogen and oxygen atoms in total. The summed E-state index contributed by atoms with van der Waals surface area (Å²) < 4.78 is 0.933. The van der Waals surface area contributed by atoms with E-state index < -0.39 is 9.75 Å². The molecule has 28 heavy (non-hydrogen) atoms. The molecule has 0 bridgehead atoms. The van der Waals surface area contributed by atoms with Crippen molar-refractivity contribution in [2.75, 3.05) is 0 Å². The molecule has 0 saturated heterocycles. The summed E-state index contributed by atoms with van der Waals surface area (Å²) in [6.07, 6.45) is 2.45. The monoisotopic (exact) mass is 413 g/mol. The van der Waals surface area contributed by atoms with Crippen molar-refractivity contribution in [3.63, 3.8) is 0 Å². The number of alkyl halides is 2. The van der Waals surface area contributed by atoms with E-state index >= 15 is 0 Å². The maximum atomic E-state index is 12.6. The largest absolute Gasteiger partial charge is 0.351 e. The smallest absolute Gasteiger partial charge is 0.229 e. The Morgan fingerprint density at radius 1 is 1.11 bits per heavy atom. The van der Waals surface area contributed by atoms with Crippen molar-refractivity contribution in [3.8, 4) is 11.3 Å². The molecule has 1 unspecified atom stereocenters. The maximum absolute atomic E-state index is 12.6. The normalized spacial score (nSPS) is 20.0. The Morgan fingerprint density at radius 3 is 2.32 bits per heavy atom. The van der Waals surface area contributed by atoms with Crippen molar-refractivity contribution in [1.29, 1.82) is 0 Å². The Labute approximate surface area is 174 Å². The number of rotatable bonds is 6. The fourth-order valence-corrected chi connectivity index (χ4v) is 4.01. The van der Waals surface area contributed by atoms with Crippen molar-refractivity contribution in [2.24, 2.45) is 5.41 Å². The fourth-order valence-electron chi connectivity index (χ4n) is 3.30. The van der Waals surface area contributed by atoms with Gasteiger partial charge in [-0.15, -0.1) is 23.2 Å². The first kappa shape index (κ1) is 19.0. The Hall–Kier alpha value is -2.30. The van der Waals surface area contributed by atoms with Gasteiger partial charge in [0.1, 0.15) is 4.33 Å². The van der Waals surface area contributed by atoms with Gasteiger partial charge >= 0.3 is 0 Å². The van der Waals surface area contributed by atoms with Crippen LogP contribution in [-0.2, 0) is 17.9 Å². The third-order valence-corrected chi connectivity index (χ3v) is 6.37. The van der Waals surface area contributed by atoms with Gasteiger partial charge in [0.15, 0.2) is 0 Å². The van der Waals surface area contributed by atoms with Crippen molar-refractivity contribution in [1.82, 2.24) is 15.1 Å². The van der Waals surface area contributed by atoms with Gasteiger partial charge in [-0.05, 0) is 18.9 Å². The van der Waals surface area contributed by atoms with Gasteiger partial charge in [0.25, 0.3) is 0 Å². The highest BCUT2D eigenvalue weighted by Crippen LogP contribution is 2.63. The number of halogens is 2. The molecule has 0 aliphatic heterocycles. The molecule has 1 saturated carbocycles. The highest BCUT2D eigenvalue weighted by Gasteiger charge is 2.67. The molecule has 4 rings (SSSR count). The second kappa shape index (κ2) is 7.26. The van der Waals surface area contributed by atoms with Gasteiger partial charge in [0.2, 0.25) is 5.91 Å². The predicted molar refractivity (Wildman–Crippen MR) is 112 cm³/mol. The zero-order valence-corrected chi connectivity index (χ0v) is 17.0. The first-order valence-corrected chi connectivity index (χ1v) is 9.96. The maximum Gasteiger partial charge on any atom is 0.229 e. The molecular weight excluding hydrogens is 393 g/mol. The van der Waals surface area contributed by atoms with Gasteiger partial charge < -0.3 is 5.32 Å². The first-order chi connectivity index (χ1) is 13.4. The summed E-state index contributed by atoms with van der Waals surface area (Å²) in [4.78, 5) is 12.6. The fraction of sp³-hybridized carbons (Fsp3) is 0.273. The standard InChI is InChI=1S/C22H21Cl2N3O/c1-21(15-22(21,23)24)20(28)25-12-18-14-27(13-16-8-4-2-5-9-16)26-19(18)17-10-6-3-7-11-17/h2-11,14H,12-13,15H2,1H3,(H,25,28). The molecule has 0 radical (unpaired) electrons. The quantitative estimate of drug-likeness (QED) is 0.589. The van der Waals surface area contributed by atoms with Crippen molar-refractivity contribution >= 4 is 29.1 Å². The second-order valence-electron chi connectivity index (χ2n) is 7.45. The van der Waals surface area contributed by atoms with Crippen LogP contribution in [0.2, 0.25) is 0 Å². The lowest BCUT2D eigenvalue weighted by Gasteiger charge is -2.12. The number of benzene rings is 2. The lowest BCUT2D eigenvalue weighted by atomic mass is 10.1. The van der Waals surface area contributed by atoms with Gasteiger partial charge in [0, 0.05) is 23.9 Å².